The van der Waals surface area contributed by atoms with Crippen LogP contribution >= 0.6 is 7.26 Å². The van der Waals surface area contributed by atoms with Gasteiger partial charge < -0.3 is 10.2 Å². The van der Waals surface area contributed by atoms with Crippen LogP contribution < -0.4 is 15.9 Å². The van der Waals surface area contributed by atoms with Crippen molar-refractivity contribution in [3.8, 4) is 0 Å². The van der Waals surface area contributed by atoms with Crippen molar-refractivity contribution in [1.29, 1.82) is 0 Å². The van der Waals surface area contributed by atoms with Crippen LogP contribution in [0.25, 0.3) is 0 Å². The minimum absolute atomic E-state index is 0. The molecule has 0 fully saturated rings. The van der Waals surface area contributed by atoms with Gasteiger partial charge in [0, 0.05) is 0 Å². The summed E-state index contributed by atoms with van der Waals surface area (Å²) in [5.41, 5.74) is 0. The maximum Gasteiger partial charge on any atom is 0.309 e. The molecule has 0 atom stereocenters. The molecule has 3 aromatic rings. The van der Waals surface area contributed by atoms with Crippen molar-refractivity contribution in [2.24, 2.45) is 0 Å². The van der Waals surface area contributed by atoms with E-state index < -0.39 is 7.26 Å². The Morgan fingerprint density at radius 1 is 0.741 bits per heavy atom. The van der Waals surface area contributed by atoms with Crippen LogP contribution in [-0.4, -0.2) is 24.2 Å². The van der Waals surface area contributed by atoms with E-state index in [2.05, 4.69) is 72.8 Å². The van der Waals surface area contributed by atoms with Gasteiger partial charge in [-0.25, -0.2) is 0 Å². The van der Waals surface area contributed by atoms with E-state index in [4.69, 9.17) is 4.74 Å². The van der Waals surface area contributed by atoms with Gasteiger partial charge in [-0.05, 0) is 43.3 Å². The number of hydrogen-bond donors (Lipinski definition) is 0. The molecule has 3 aromatic carbocycles. The first-order valence-electron chi connectivity index (χ1n) is 8.98. The van der Waals surface area contributed by atoms with Crippen LogP contribution in [0, 0.1) is 0 Å². The Morgan fingerprint density at radius 2 is 1.11 bits per heavy atom. The average molecular weight is 380 g/mol. The van der Waals surface area contributed by atoms with Crippen molar-refractivity contribution < 1.29 is 15.0 Å². The van der Waals surface area contributed by atoms with E-state index in [1.807, 2.05) is 25.1 Å². The van der Waals surface area contributed by atoms with Crippen LogP contribution in [0.5, 0.6) is 0 Å². The van der Waals surface area contributed by atoms with Gasteiger partial charge in [0.25, 0.3) is 0 Å². The molecule has 0 saturated carbocycles. The summed E-state index contributed by atoms with van der Waals surface area (Å²) in [7, 11) is -1.93. The molecule has 0 saturated heterocycles. The first-order chi connectivity index (χ1) is 12.8. The fourth-order valence-electron chi connectivity index (χ4n) is 3.37. The number of hydrogen-bond acceptors (Lipinski definition) is 3. The molecule has 140 valence electrons. The van der Waals surface area contributed by atoms with Crippen molar-refractivity contribution in [3.05, 3.63) is 91.0 Å². The van der Waals surface area contributed by atoms with E-state index in [-0.39, 0.29) is 11.4 Å². The lowest BCUT2D eigenvalue weighted by atomic mass is 10.3. The van der Waals surface area contributed by atoms with Gasteiger partial charge >= 0.3 is 5.97 Å². The lowest BCUT2D eigenvalue weighted by Crippen LogP contribution is -2.34. The van der Waals surface area contributed by atoms with E-state index >= 15 is 0 Å². The SMILES string of the molecule is CCOC(=O)CC[P+](c1ccccc1)(c1ccccc1)c1ccccc1.[OH-]. The smallest absolute Gasteiger partial charge is 0.309 e. The van der Waals surface area contributed by atoms with E-state index in [9.17, 15) is 4.79 Å². The summed E-state index contributed by atoms with van der Waals surface area (Å²) in [4.78, 5) is 12.2. The summed E-state index contributed by atoms with van der Waals surface area (Å²) in [6.45, 7) is 2.28. The van der Waals surface area contributed by atoms with Crippen LogP contribution in [0.1, 0.15) is 13.3 Å². The maximum atomic E-state index is 12.2. The average Bonchev–Trinajstić information content (AvgIpc) is 2.71. The second kappa shape index (κ2) is 10.0. The van der Waals surface area contributed by atoms with E-state index in [1.54, 1.807) is 0 Å². The zero-order chi connectivity index (χ0) is 18.2. The third-order valence-corrected chi connectivity index (χ3v) is 8.98. The normalized spacial score (nSPS) is 10.7. The molecule has 0 radical (unpaired) electrons. The molecular weight excluding hydrogens is 355 g/mol. The molecule has 0 aliphatic carbocycles. The van der Waals surface area contributed by atoms with Crippen molar-refractivity contribution in [1.82, 2.24) is 0 Å². The van der Waals surface area contributed by atoms with Gasteiger partial charge in [-0.3, -0.25) is 4.79 Å². The maximum absolute atomic E-state index is 12.2. The molecule has 0 heterocycles. The molecular formula is C23H25O3P. The van der Waals surface area contributed by atoms with Gasteiger partial charge in [-0.15, -0.1) is 0 Å². The summed E-state index contributed by atoms with van der Waals surface area (Å²) in [6, 6.07) is 31.8. The molecule has 0 aliphatic rings. The van der Waals surface area contributed by atoms with E-state index in [1.165, 1.54) is 15.9 Å². The van der Waals surface area contributed by atoms with Gasteiger partial charge in [0.05, 0.1) is 19.2 Å². The van der Waals surface area contributed by atoms with Crippen molar-refractivity contribution in [3.63, 3.8) is 0 Å². The van der Waals surface area contributed by atoms with E-state index in [0.29, 0.717) is 13.0 Å². The Labute approximate surface area is 161 Å². The van der Waals surface area contributed by atoms with Gasteiger partial charge in [0.15, 0.2) is 0 Å². The molecule has 0 amide bonds. The van der Waals surface area contributed by atoms with Gasteiger partial charge in [0.1, 0.15) is 23.2 Å². The molecule has 0 aliphatic heterocycles. The highest BCUT2D eigenvalue weighted by Gasteiger charge is 2.45. The Hall–Kier alpha value is -2.48. The molecule has 1 N–H and O–H groups in total. The third-order valence-electron chi connectivity index (χ3n) is 4.55. The van der Waals surface area contributed by atoms with Crippen LogP contribution in [0.2, 0.25) is 0 Å². The minimum atomic E-state index is -1.93. The topological polar surface area (TPSA) is 56.3 Å². The molecule has 0 spiro atoms. The number of benzene rings is 3. The number of carbonyl (C=O) groups is 1. The zero-order valence-electron chi connectivity index (χ0n) is 15.5. The van der Waals surface area contributed by atoms with Crippen LogP contribution in [-0.2, 0) is 9.53 Å². The Bertz CT molecular complexity index is 723. The van der Waals surface area contributed by atoms with Gasteiger partial charge in [-0.1, -0.05) is 54.6 Å². The monoisotopic (exact) mass is 380 g/mol. The summed E-state index contributed by atoms with van der Waals surface area (Å²) < 4.78 is 5.22. The lowest BCUT2D eigenvalue weighted by molar-refractivity contribution is -0.142. The molecule has 0 unspecified atom stereocenters. The molecule has 0 bridgehead atoms. The highest BCUT2D eigenvalue weighted by Crippen LogP contribution is 2.55. The summed E-state index contributed by atoms with van der Waals surface area (Å²) in [6.07, 6.45) is 1.18. The molecule has 3 rings (SSSR count). The number of ether oxygens (including phenoxy) is 1. The predicted octanol–water partition coefficient (Wildman–Crippen LogP) is 3.76. The quantitative estimate of drug-likeness (QED) is 0.463. The third kappa shape index (κ3) is 4.63. The number of esters is 1. The minimum Gasteiger partial charge on any atom is -0.870 e. The zero-order valence-corrected chi connectivity index (χ0v) is 16.4. The Kier molecular flexibility index (Phi) is 7.72. The summed E-state index contributed by atoms with van der Waals surface area (Å²) >= 11 is 0. The second-order valence-corrected chi connectivity index (χ2v) is 9.71. The van der Waals surface area contributed by atoms with Gasteiger partial charge in [-0.2, -0.15) is 0 Å². The first-order valence-corrected chi connectivity index (χ1v) is 11.0. The number of carbonyl (C=O) groups excluding carboxylic acids is 1. The summed E-state index contributed by atoms with van der Waals surface area (Å²) in [5, 5.41) is 3.88. The first kappa shape index (κ1) is 20.8. The number of rotatable bonds is 7. The lowest BCUT2D eigenvalue weighted by Gasteiger charge is -2.27. The highest BCUT2D eigenvalue weighted by atomic mass is 31.2. The Balaban J connectivity index is 0.00000261. The fraction of sp³-hybridized carbons (Fsp3) is 0.174. The fourth-order valence-corrected chi connectivity index (χ4v) is 7.60. The van der Waals surface area contributed by atoms with Gasteiger partial charge in [0.2, 0.25) is 0 Å². The second-order valence-electron chi connectivity index (χ2n) is 6.10. The summed E-state index contributed by atoms with van der Waals surface area (Å²) in [5.74, 6) is -0.125. The van der Waals surface area contributed by atoms with Crippen LogP contribution in [0.15, 0.2) is 91.0 Å². The van der Waals surface area contributed by atoms with Crippen molar-refractivity contribution in [2.45, 2.75) is 13.3 Å². The van der Waals surface area contributed by atoms with Crippen molar-refractivity contribution in [2.75, 3.05) is 12.8 Å². The van der Waals surface area contributed by atoms with Crippen LogP contribution in [0.4, 0.5) is 0 Å². The largest absolute Gasteiger partial charge is 0.870 e. The molecule has 0 aromatic heterocycles. The predicted molar refractivity (Wildman–Crippen MR) is 113 cm³/mol. The van der Waals surface area contributed by atoms with E-state index in [0.717, 1.165) is 6.16 Å². The highest BCUT2D eigenvalue weighted by molar-refractivity contribution is 7.95. The Morgan fingerprint density at radius 3 is 1.44 bits per heavy atom. The standard InChI is InChI=1S/C23H24O2P.H2O/c1-2-25-23(24)18-19-26(20-12-6-3-7-13-20,21-14-8-4-9-15-21)22-16-10-5-11-17-22;/h3-17H,2,18-19H2,1H3;1H2/q+1;/p-1. The van der Waals surface area contributed by atoms with Crippen molar-refractivity contribution >= 4 is 29.1 Å². The van der Waals surface area contributed by atoms with Crippen LogP contribution in [0.3, 0.4) is 0 Å². The molecule has 3 nitrogen and oxygen atoms in total. The molecule has 4 heteroatoms. The molecule has 27 heavy (non-hydrogen) atoms.